The van der Waals surface area contributed by atoms with Gasteiger partial charge in [-0.3, -0.25) is 0 Å². The minimum absolute atomic E-state index is 0.142. The molecule has 106 valence electrons. The molecule has 2 aromatic carbocycles. The zero-order valence-electron chi connectivity index (χ0n) is 11.5. The van der Waals surface area contributed by atoms with E-state index in [1.807, 2.05) is 30.3 Å². The summed E-state index contributed by atoms with van der Waals surface area (Å²) in [6, 6.07) is 12.9. The minimum atomic E-state index is -0.389. The number of benzene rings is 2. The fraction of sp³-hybridized carbons (Fsp3) is 0.250. The topological polar surface area (TPSA) is 21.3 Å². The average Bonchev–Trinajstić information content (AvgIpc) is 2.48. The van der Waals surface area contributed by atoms with Crippen LogP contribution in [-0.2, 0) is 6.54 Å². The Morgan fingerprint density at radius 3 is 2.75 bits per heavy atom. The minimum Gasteiger partial charge on any atom is -0.497 e. The summed E-state index contributed by atoms with van der Waals surface area (Å²) in [4.78, 5) is 0. The van der Waals surface area contributed by atoms with Crippen molar-refractivity contribution in [1.82, 2.24) is 5.32 Å². The zero-order chi connectivity index (χ0) is 14.5. The Balaban J connectivity index is 2.00. The predicted octanol–water partition coefficient (Wildman–Crippen LogP) is 4.34. The van der Waals surface area contributed by atoms with Crippen LogP contribution in [0.25, 0.3) is 0 Å². The highest BCUT2D eigenvalue weighted by molar-refractivity contribution is 6.30. The number of halogens is 2. The summed E-state index contributed by atoms with van der Waals surface area (Å²) in [5, 5.41) is 3.50. The first-order valence-electron chi connectivity index (χ1n) is 6.41. The van der Waals surface area contributed by atoms with Crippen LogP contribution >= 0.6 is 11.6 Å². The molecule has 0 saturated carbocycles. The molecule has 0 aliphatic rings. The van der Waals surface area contributed by atoms with Crippen LogP contribution in [0.15, 0.2) is 42.5 Å². The molecule has 0 heterocycles. The van der Waals surface area contributed by atoms with E-state index in [1.165, 1.54) is 6.07 Å². The van der Waals surface area contributed by atoms with Gasteiger partial charge in [-0.05, 0) is 42.3 Å². The Kier molecular flexibility index (Phi) is 4.99. The van der Waals surface area contributed by atoms with Crippen molar-refractivity contribution < 1.29 is 9.13 Å². The number of hydrogen-bond acceptors (Lipinski definition) is 2. The number of hydrogen-bond donors (Lipinski definition) is 1. The third kappa shape index (κ3) is 3.71. The molecule has 1 atom stereocenters. The highest BCUT2D eigenvalue weighted by atomic mass is 35.5. The van der Waals surface area contributed by atoms with Crippen LogP contribution in [0.3, 0.4) is 0 Å². The average molecular weight is 294 g/mol. The Morgan fingerprint density at radius 2 is 2.05 bits per heavy atom. The van der Waals surface area contributed by atoms with Crippen LogP contribution < -0.4 is 10.1 Å². The standard InChI is InChI=1S/C16H17ClFNO/c1-11(13-4-3-5-14(9-13)20-2)19-10-12-6-7-15(17)16(18)8-12/h3-9,11,19H,10H2,1-2H3/t11-/m1/s1. The first-order valence-corrected chi connectivity index (χ1v) is 6.79. The summed E-state index contributed by atoms with van der Waals surface area (Å²) in [7, 11) is 1.65. The number of ether oxygens (including phenoxy) is 1. The molecule has 20 heavy (non-hydrogen) atoms. The highest BCUT2D eigenvalue weighted by Gasteiger charge is 2.07. The lowest BCUT2D eigenvalue weighted by atomic mass is 10.1. The van der Waals surface area contributed by atoms with E-state index in [-0.39, 0.29) is 16.9 Å². The lowest BCUT2D eigenvalue weighted by Crippen LogP contribution is -2.18. The molecule has 0 aliphatic carbocycles. The summed E-state index contributed by atoms with van der Waals surface area (Å²) < 4.78 is 18.6. The summed E-state index contributed by atoms with van der Waals surface area (Å²) in [5.74, 6) is 0.439. The van der Waals surface area contributed by atoms with Gasteiger partial charge in [-0.1, -0.05) is 29.8 Å². The van der Waals surface area contributed by atoms with Crippen LogP contribution in [0.5, 0.6) is 5.75 Å². The van der Waals surface area contributed by atoms with E-state index in [2.05, 4.69) is 12.2 Å². The van der Waals surface area contributed by atoms with Gasteiger partial charge in [-0.2, -0.15) is 0 Å². The molecule has 0 amide bonds. The summed E-state index contributed by atoms with van der Waals surface area (Å²) in [6.07, 6.45) is 0. The summed E-state index contributed by atoms with van der Waals surface area (Å²) in [5.41, 5.74) is 1.99. The van der Waals surface area contributed by atoms with E-state index in [4.69, 9.17) is 16.3 Å². The molecular weight excluding hydrogens is 277 g/mol. The fourth-order valence-electron chi connectivity index (χ4n) is 1.95. The third-order valence-electron chi connectivity index (χ3n) is 3.19. The molecule has 0 spiro atoms. The van der Waals surface area contributed by atoms with Gasteiger partial charge in [0.25, 0.3) is 0 Å². The SMILES string of the molecule is COc1cccc([C@@H](C)NCc2ccc(Cl)c(F)c2)c1. The second-order valence-corrected chi connectivity index (χ2v) is 5.03. The molecule has 0 saturated heterocycles. The van der Waals surface area contributed by atoms with Crippen molar-refractivity contribution in [2.75, 3.05) is 7.11 Å². The first-order chi connectivity index (χ1) is 9.60. The molecule has 0 bridgehead atoms. The molecule has 0 unspecified atom stereocenters. The van der Waals surface area contributed by atoms with Crippen molar-refractivity contribution >= 4 is 11.6 Å². The highest BCUT2D eigenvalue weighted by Crippen LogP contribution is 2.20. The molecule has 2 rings (SSSR count). The Labute approximate surface area is 123 Å². The number of rotatable bonds is 5. The molecular formula is C16H17ClFNO. The predicted molar refractivity (Wildman–Crippen MR) is 79.7 cm³/mol. The lowest BCUT2D eigenvalue weighted by Gasteiger charge is -2.15. The molecule has 0 radical (unpaired) electrons. The second-order valence-electron chi connectivity index (χ2n) is 4.63. The van der Waals surface area contributed by atoms with Gasteiger partial charge in [0.15, 0.2) is 0 Å². The largest absolute Gasteiger partial charge is 0.497 e. The van der Waals surface area contributed by atoms with E-state index >= 15 is 0 Å². The Morgan fingerprint density at radius 1 is 1.25 bits per heavy atom. The fourth-order valence-corrected chi connectivity index (χ4v) is 2.07. The van der Waals surface area contributed by atoms with Gasteiger partial charge in [0.1, 0.15) is 11.6 Å². The zero-order valence-corrected chi connectivity index (χ0v) is 12.2. The summed E-state index contributed by atoms with van der Waals surface area (Å²) in [6.45, 7) is 2.63. The van der Waals surface area contributed by atoms with Crippen LogP contribution in [0, 0.1) is 5.82 Å². The van der Waals surface area contributed by atoms with Crippen LogP contribution in [0.1, 0.15) is 24.1 Å². The number of nitrogens with one attached hydrogen (secondary N) is 1. The number of methoxy groups -OCH3 is 1. The van der Waals surface area contributed by atoms with Gasteiger partial charge < -0.3 is 10.1 Å². The van der Waals surface area contributed by atoms with Crippen LogP contribution in [0.4, 0.5) is 4.39 Å². The van der Waals surface area contributed by atoms with Crippen LogP contribution in [-0.4, -0.2) is 7.11 Å². The van der Waals surface area contributed by atoms with E-state index in [9.17, 15) is 4.39 Å². The van der Waals surface area contributed by atoms with Crippen molar-refractivity contribution in [2.24, 2.45) is 0 Å². The van der Waals surface area contributed by atoms with E-state index in [0.717, 1.165) is 16.9 Å². The van der Waals surface area contributed by atoms with Crippen molar-refractivity contribution in [1.29, 1.82) is 0 Å². The van der Waals surface area contributed by atoms with Gasteiger partial charge in [-0.15, -0.1) is 0 Å². The maximum absolute atomic E-state index is 13.3. The van der Waals surface area contributed by atoms with E-state index in [1.54, 1.807) is 13.2 Å². The quantitative estimate of drug-likeness (QED) is 0.885. The van der Waals surface area contributed by atoms with Gasteiger partial charge >= 0.3 is 0 Å². The second kappa shape index (κ2) is 6.73. The van der Waals surface area contributed by atoms with Gasteiger partial charge in [0.2, 0.25) is 0 Å². The Bertz CT molecular complexity index is 588. The van der Waals surface area contributed by atoms with Gasteiger partial charge in [0, 0.05) is 12.6 Å². The van der Waals surface area contributed by atoms with E-state index in [0.29, 0.717) is 6.54 Å². The summed E-state index contributed by atoms with van der Waals surface area (Å²) >= 11 is 5.66. The molecule has 0 fully saturated rings. The van der Waals surface area contributed by atoms with Gasteiger partial charge in [0.05, 0.1) is 12.1 Å². The lowest BCUT2D eigenvalue weighted by molar-refractivity contribution is 0.413. The molecule has 1 N–H and O–H groups in total. The van der Waals surface area contributed by atoms with Gasteiger partial charge in [-0.25, -0.2) is 4.39 Å². The van der Waals surface area contributed by atoms with Crippen molar-refractivity contribution in [3.05, 3.63) is 64.4 Å². The molecule has 0 aliphatic heterocycles. The third-order valence-corrected chi connectivity index (χ3v) is 3.50. The van der Waals surface area contributed by atoms with E-state index < -0.39 is 0 Å². The van der Waals surface area contributed by atoms with Crippen molar-refractivity contribution in [3.8, 4) is 5.75 Å². The smallest absolute Gasteiger partial charge is 0.142 e. The van der Waals surface area contributed by atoms with Crippen LogP contribution in [0.2, 0.25) is 5.02 Å². The van der Waals surface area contributed by atoms with Crippen molar-refractivity contribution in [3.63, 3.8) is 0 Å². The first kappa shape index (κ1) is 14.8. The Hall–Kier alpha value is -1.58. The maximum Gasteiger partial charge on any atom is 0.142 e. The maximum atomic E-state index is 13.3. The molecule has 2 nitrogen and oxygen atoms in total. The molecule has 2 aromatic rings. The normalized spacial score (nSPS) is 12.2. The monoisotopic (exact) mass is 293 g/mol. The van der Waals surface area contributed by atoms with Crippen molar-refractivity contribution in [2.45, 2.75) is 19.5 Å². The molecule has 0 aromatic heterocycles. The molecule has 4 heteroatoms.